The van der Waals surface area contributed by atoms with E-state index in [9.17, 15) is 4.79 Å². The van der Waals surface area contributed by atoms with Crippen molar-refractivity contribution in [2.75, 3.05) is 18.8 Å². The van der Waals surface area contributed by atoms with Crippen molar-refractivity contribution in [1.29, 1.82) is 0 Å². The first-order valence-corrected chi connectivity index (χ1v) is 7.41. The minimum Gasteiger partial charge on any atom is -0.355 e. The molecule has 1 atom stereocenters. The molecular weight excluding hydrogens is 240 g/mol. The lowest BCUT2D eigenvalue weighted by Gasteiger charge is -2.21. The molecule has 2 heterocycles. The van der Waals surface area contributed by atoms with Crippen LogP contribution in [0.4, 0.5) is 0 Å². The molecule has 0 saturated heterocycles. The lowest BCUT2D eigenvalue weighted by molar-refractivity contribution is -0.120. The summed E-state index contributed by atoms with van der Waals surface area (Å²) in [5.74, 6) is 1.18. The first kappa shape index (κ1) is 12.0. The topological polar surface area (TPSA) is 55.1 Å². The van der Waals surface area contributed by atoms with E-state index in [4.69, 9.17) is 5.73 Å². The lowest BCUT2D eigenvalue weighted by atomic mass is 10.1. The van der Waals surface area contributed by atoms with Crippen LogP contribution in [-0.2, 0) is 11.2 Å². The zero-order chi connectivity index (χ0) is 11.4. The third-order valence-electron chi connectivity index (χ3n) is 2.59. The second-order valence-corrected chi connectivity index (χ2v) is 5.95. The number of amides is 1. The highest BCUT2D eigenvalue weighted by atomic mass is 32.2. The standard InChI is InChI=1S/C11H16N2OS2/c12-4-1-5-13-11(14)10-8-2-6-15-9(8)3-7-16-10/h2,6,10H,1,3-5,7,12H2,(H,13,14). The van der Waals surface area contributed by atoms with Crippen molar-refractivity contribution < 1.29 is 4.79 Å². The lowest BCUT2D eigenvalue weighted by Crippen LogP contribution is -2.31. The van der Waals surface area contributed by atoms with Gasteiger partial charge in [-0.05, 0) is 42.1 Å². The summed E-state index contributed by atoms with van der Waals surface area (Å²) < 4.78 is 0. The Kier molecular flexibility index (Phi) is 4.26. The van der Waals surface area contributed by atoms with Crippen LogP contribution < -0.4 is 11.1 Å². The second kappa shape index (κ2) is 5.70. The molecule has 0 saturated carbocycles. The Bertz CT molecular complexity index is 365. The Morgan fingerprint density at radius 2 is 2.50 bits per heavy atom. The van der Waals surface area contributed by atoms with Crippen molar-refractivity contribution in [2.45, 2.75) is 18.1 Å². The monoisotopic (exact) mass is 256 g/mol. The Labute approximate surface area is 104 Å². The number of thioether (sulfide) groups is 1. The van der Waals surface area contributed by atoms with Gasteiger partial charge in [0.2, 0.25) is 5.91 Å². The molecule has 0 bridgehead atoms. The molecule has 1 aromatic heterocycles. The summed E-state index contributed by atoms with van der Waals surface area (Å²) in [5.41, 5.74) is 6.61. The molecule has 88 valence electrons. The number of hydrogen-bond donors (Lipinski definition) is 2. The van der Waals surface area contributed by atoms with Crippen LogP contribution in [0.25, 0.3) is 0 Å². The molecule has 0 radical (unpaired) electrons. The zero-order valence-corrected chi connectivity index (χ0v) is 10.7. The molecule has 2 rings (SSSR count). The predicted molar refractivity (Wildman–Crippen MR) is 69.9 cm³/mol. The third kappa shape index (κ3) is 2.59. The average Bonchev–Trinajstić information content (AvgIpc) is 2.76. The van der Waals surface area contributed by atoms with Gasteiger partial charge in [0.25, 0.3) is 0 Å². The Balaban J connectivity index is 1.98. The molecule has 1 aliphatic heterocycles. The summed E-state index contributed by atoms with van der Waals surface area (Å²) in [4.78, 5) is 13.3. The van der Waals surface area contributed by atoms with Crippen molar-refractivity contribution in [3.63, 3.8) is 0 Å². The summed E-state index contributed by atoms with van der Waals surface area (Å²) in [6, 6.07) is 2.08. The molecule has 1 amide bonds. The van der Waals surface area contributed by atoms with Crippen molar-refractivity contribution >= 4 is 29.0 Å². The van der Waals surface area contributed by atoms with E-state index in [0.29, 0.717) is 13.1 Å². The molecule has 16 heavy (non-hydrogen) atoms. The number of thiophene rings is 1. The fourth-order valence-electron chi connectivity index (χ4n) is 1.77. The van der Waals surface area contributed by atoms with Gasteiger partial charge in [-0.1, -0.05) is 0 Å². The molecule has 0 fully saturated rings. The minimum atomic E-state index is -0.00669. The number of carbonyl (C=O) groups excluding carboxylic acids is 1. The van der Waals surface area contributed by atoms with Gasteiger partial charge in [0.1, 0.15) is 5.25 Å². The zero-order valence-electron chi connectivity index (χ0n) is 9.07. The first-order valence-electron chi connectivity index (χ1n) is 5.48. The normalized spacial score (nSPS) is 19.2. The van der Waals surface area contributed by atoms with E-state index in [1.165, 1.54) is 10.4 Å². The van der Waals surface area contributed by atoms with E-state index in [0.717, 1.165) is 18.6 Å². The molecule has 1 aliphatic rings. The van der Waals surface area contributed by atoms with Crippen LogP contribution in [0.1, 0.15) is 22.1 Å². The fourth-order valence-corrected chi connectivity index (χ4v) is 4.09. The summed E-state index contributed by atoms with van der Waals surface area (Å²) >= 11 is 3.50. The van der Waals surface area contributed by atoms with E-state index >= 15 is 0 Å². The minimum absolute atomic E-state index is 0.00669. The van der Waals surface area contributed by atoms with Gasteiger partial charge in [-0.15, -0.1) is 23.1 Å². The number of fused-ring (bicyclic) bond motifs is 1. The van der Waals surface area contributed by atoms with Crippen LogP contribution in [0.15, 0.2) is 11.4 Å². The van der Waals surface area contributed by atoms with Crippen LogP contribution in [0, 0.1) is 0 Å². The van der Waals surface area contributed by atoms with E-state index < -0.39 is 0 Å². The van der Waals surface area contributed by atoms with E-state index in [1.807, 2.05) is 0 Å². The highest BCUT2D eigenvalue weighted by Gasteiger charge is 2.27. The quantitative estimate of drug-likeness (QED) is 0.804. The number of carbonyl (C=O) groups is 1. The van der Waals surface area contributed by atoms with E-state index in [2.05, 4.69) is 16.8 Å². The van der Waals surface area contributed by atoms with E-state index in [1.54, 1.807) is 23.1 Å². The summed E-state index contributed by atoms with van der Waals surface area (Å²) in [5, 5.41) is 5.02. The number of nitrogens with one attached hydrogen (secondary N) is 1. The maximum atomic E-state index is 12.0. The molecular formula is C11H16N2OS2. The number of nitrogens with two attached hydrogens (primary N) is 1. The molecule has 0 spiro atoms. The summed E-state index contributed by atoms with van der Waals surface area (Å²) in [6.45, 7) is 1.31. The predicted octanol–water partition coefficient (Wildman–Crippen LogP) is 1.54. The van der Waals surface area contributed by atoms with E-state index in [-0.39, 0.29) is 11.2 Å². The molecule has 0 aliphatic carbocycles. The van der Waals surface area contributed by atoms with Crippen LogP contribution >= 0.6 is 23.1 Å². The average molecular weight is 256 g/mol. The van der Waals surface area contributed by atoms with Crippen molar-refractivity contribution in [1.82, 2.24) is 5.32 Å². The van der Waals surface area contributed by atoms with Crippen LogP contribution in [0.2, 0.25) is 0 Å². The SMILES string of the molecule is NCCCNC(=O)C1SCCc2sccc21. The summed E-state index contributed by atoms with van der Waals surface area (Å²) in [6.07, 6.45) is 1.95. The maximum Gasteiger partial charge on any atom is 0.237 e. The molecule has 0 aromatic carbocycles. The van der Waals surface area contributed by atoms with Gasteiger partial charge in [-0.25, -0.2) is 0 Å². The Hall–Kier alpha value is -0.520. The van der Waals surface area contributed by atoms with Crippen LogP contribution in [-0.4, -0.2) is 24.7 Å². The van der Waals surface area contributed by atoms with Gasteiger partial charge in [-0.2, -0.15) is 0 Å². The Morgan fingerprint density at radius 1 is 1.62 bits per heavy atom. The van der Waals surface area contributed by atoms with Gasteiger partial charge in [0.05, 0.1) is 0 Å². The fraction of sp³-hybridized carbons (Fsp3) is 0.545. The number of aryl methyl sites for hydroxylation is 1. The second-order valence-electron chi connectivity index (χ2n) is 3.73. The molecule has 1 aromatic rings. The molecule has 5 heteroatoms. The van der Waals surface area contributed by atoms with Crippen LogP contribution in [0.5, 0.6) is 0 Å². The highest BCUT2D eigenvalue weighted by Crippen LogP contribution is 2.39. The first-order chi connectivity index (χ1) is 7.83. The molecule has 1 unspecified atom stereocenters. The smallest absolute Gasteiger partial charge is 0.237 e. The molecule has 3 nitrogen and oxygen atoms in total. The summed E-state index contributed by atoms with van der Waals surface area (Å²) in [7, 11) is 0. The van der Waals surface area contributed by atoms with Gasteiger partial charge in [0, 0.05) is 11.4 Å². The molecule has 3 N–H and O–H groups in total. The number of hydrogen-bond acceptors (Lipinski definition) is 4. The van der Waals surface area contributed by atoms with Gasteiger partial charge < -0.3 is 11.1 Å². The van der Waals surface area contributed by atoms with Crippen molar-refractivity contribution in [2.24, 2.45) is 5.73 Å². The van der Waals surface area contributed by atoms with Crippen LogP contribution in [0.3, 0.4) is 0 Å². The highest BCUT2D eigenvalue weighted by molar-refractivity contribution is 8.00. The third-order valence-corrected chi connectivity index (χ3v) is 4.83. The van der Waals surface area contributed by atoms with Crippen molar-refractivity contribution in [3.05, 3.63) is 21.9 Å². The van der Waals surface area contributed by atoms with Crippen molar-refractivity contribution in [3.8, 4) is 0 Å². The van der Waals surface area contributed by atoms with Gasteiger partial charge in [0.15, 0.2) is 0 Å². The van der Waals surface area contributed by atoms with Gasteiger partial charge in [-0.3, -0.25) is 4.79 Å². The maximum absolute atomic E-state index is 12.0. The largest absolute Gasteiger partial charge is 0.355 e. The Morgan fingerprint density at radius 3 is 3.31 bits per heavy atom. The number of rotatable bonds is 4. The van der Waals surface area contributed by atoms with Gasteiger partial charge >= 0.3 is 0 Å².